The van der Waals surface area contributed by atoms with Gasteiger partial charge in [-0.3, -0.25) is 0 Å². The Kier molecular flexibility index (Phi) is 3.10. The number of amides is 2. The van der Waals surface area contributed by atoms with Crippen LogP contribution in [-0.2, 0) is 0 Å². The normalized spacial score (nSPS) is 19.9. The molecular weight excluding hydrogens is 170 g/mol. The van der Waals surface area contributed by atoms with Gasteiger partial charge in [-0.1, -0.05) is 6.08 Å². The van der Waals surface area contributed by atoms with E-state index in [2.05, 4.69) is 4.99 Å². The zero-order chi connectivity index (χ0) is 9.68. The molecule has 13 heavy (non-hydrogen) atoms. The van der Waals surface area contributed by atoms with Crippen LogP contribution in [0.5, 0.6) is 0 Å². The first-order valence-electron chi connectivity index (χ1n) is 3.69. The number of rotatable bonds is 2. The lowest BCUT2D eigenvalue weighted by Gasteiger charge is -1.94. The summed E-state index contributed by atoms with van der Waals surface area (Å²) in [4.78, 5) is 14.6. The standard InChI is InChI=1S/C8H9N3O2/c9-7-3-5-11(8(13)10-7)4-1-2-6-12/h1-5,12H,6H2,(H-,9,10,13)/p+1/b2-1+,11-4+. The number of amidine groups is 1. The topological polar surface area (TPSA) is 78.7 Å². The van der Waals surface area contributed by atoms with E-state index < -0.39 is 6.03 Å². The van der Waals surface area contributed by atoms with Crippen molar-refractivity contribution in [3.8, 4) is 0 Å². The second-order valence-electron chi connectivity index (χ2n) is 2.30. The summed E-state index contributed by atoms with van der Waals surface area (Å²) in [6.07, 6.45) is 7.57. The molecule has 68 valence electrons. The highest BCUT2D eigenvalue weighted by molar-refractivity contribution is 6.00. The summed E-state index contributed by atoms with van der Waals surface area (Å²) < 4.78 is 1.27. The third-order valence-electron chi connectivity index (χ3n) is 1.34. The molecule has 1 aliphatic rings. The van der Waals surface area contributed by atoms with Gasteiger partial charge >= 0.3 is 6.03 Å². The monoisotopic (exact) mass is 180 g/mol. The molecule has 0 saturated carbocycles. The molecule has 1 heterocycles. The summed E-state index contributed by atoms with van der Waals surface area (Å²) in [6, 6.07) is -0.442. The van der Waals surface area contributed by atoms with Crippen LogP contribution < -0.4 is 5.73 Å². The van der Waals surface area contributed by atoms with Gasteiger partial charge < -0.3 is 10.8 Å². The number of carbonyl (C=O) groups is 1. The number of urea groups is 1. The average Bonchev–Trinajstić information content (AvgIpc) is 2.09. The van der Waals surface area contributed by atoms with Crippen LogP contribution in [0.4, 0.5) is 4.79 Å². The minimum Gasteiger partial charge on any atom is -0.392 e. The van der Waals surface area contributed by atoms with Crippen molar-refractivity contribution >= 4 is 18.1 Å². The summed E-state index contributed by atoms with van der Waals surface area (Å²) in [5.41, 5.74) is 5.29. The van der Waals surface area contributed by atoms with Crippen LogP contribution in [0.3, 0.4) is 0 Å². The molecule has 0 aromatic carbocycles. The fraction of sp³-hybridized carbons (Fsp3) is 0.125. The summed E-state index contributed by atoms with van der Waals surface area (Å²) in [7, 11) is 0. The van der Waals surface area contributed by atoms with Crippen LogP contribution in [0.2, 0.25) is 0 Å². The van der Waals surface area contributed by atoms with Gasteiger partial charge in [-0.2, -0.15) is 9.37 Å². The van der Waals surface area contributed by atoms with E-state index >= 15 is 0 Å². The van der Waals surface area contributed by atoms with Gasteiger partial charge in [-0.25, -0.2) is 0 Å². The van der Waals surface area contributed by atoms with E-state index in [1.807, 2.05) is 0 Å². The van der Waals surface area contributed by atoms with Crippen LogP contribution in [0, 0.1) is 0 Å². The summed E-state index contributed by atoms with van der Waals surface area (Å²) >= 11 is 0. The largest absolute Gasteiger partial charge is 0.546 e. The maximum Gasteiger partial charge on any atom is 0.546 e. The molecule has 1 rings (SSSR count). The van der Waals surface area contributed by atoms with Gasteiger partial charge in [0.2, 0.25) is 5.84 Å². The van der Waals surface area contributed by atoms with E-state index in [9.17, 15) is 4.79 Å². The van der Waals surface area contributed by atoms with Crippen LogP contribution in [0.1, 0.15) is 0 Å². The molecule has 3 N–H and O–H groups in total. The van der Waals surface area contributed by atoms with Gasteiger partial charge in [-0.05, 0) is 6.08 Å². The predicted octanol–water partition coefficient (Wildman–Crippen LogP) is -0.377. The van der Waals surface area contributed by atoms with Crippen molar-refractivity contribution in [3.63, 3.8) is 0 Å². The Bertz CT molecular complexity index is 326. The second-order valence-corrected chi connectivity index (χ2v) is 2.30. The molecule has 1 aliphatic heterocycles. The number of hydrogen-bond donors (Lipinski definition) is 2. The predicted molar refractivity (Wildman–Crippen MR) is 48.7 cm³/mol. The van der Waals surface area contributed by atoms with E-state index in [1.165, 1.54) is 29.1 Å². The Morgan fingerprint density at radius 1 is 1.69 bits per heavy atom. The molecule has 0 bridgehead atoms. The van der Waals surface area contributed by atoms with Crippen LogP contribution in [-0.4, -0.2) is 34.4 Å². The van der Waals surface area contributed by atoms with Crippen molar-refractivity contribution in [2.45, 2.75) is 0 Å². The molecule has 0 aromatic rings. The van der Waals surface area contributed by atoms with Crippen LogP contribution in [0.25, 0.3) is 0 Å². The van der Waals surface area contributed by atoms with E-state index in [1.54, 1.807) is 6.08 Å². The number of nitrogens with zero attached hydrogens (tertiary/aromatic N) is 2. The zero-order valence-electron chi connectivity index (χ0n) is 6.92. The highest BCUT2D eigenvalue weighted by Gasteiger charge is 2.18. The highest BCUT2D eigenvalue weighted by atomic mass is 16.2. The fourth-order valence-electron chi connectivity index (χ4n) is 0.754. The van der Waals surface area contributed by atoms with Crippen LogP contribution >= 0.6 is 0 Å². The number of allylic oxidation sites excluding steroid dienone is 1. The Labute approximate surface area is 75.2 Å². The van der Waals surface area contributed by atoms with Gasteiger partial charge in [0.05, 0.1) is 12.8 Å². The van der Waals surface area contributed by atoms with Gasteiger partial charge in [0, 0.05) is 11.1 Å². The van der Waals surface area contributed by atoms with Gasteiger partial charge in [0.25, 0.3) is 0 Å². The van der Waals surface area contributed by atoms with Crippen molar-refractivity contribution in [1.82, 2.24) is 0 Å². The lowest BCUT2D eigenvalue weighted by atomic mass is 10.5. The molecule has 5 nitrogen and oxygen atoms in total. The third-order valence-corrected chi connectivity index (χ3v) is 1.34. The van der Waals surface area contributed by atoms with Gasteiger partial charge in [-0.15, -0.1) is 0 Å². The highest BCUT2D eigenvalue weighted by Crippen LogP contribution is 1.93. The van der Waals surface area contributed by atoms with Gasteiger partial charge in [0.15, 0.2) is 0 Å². The molecule has 0 aliphatic carbocycles. The first-order valence-corrected chi connectivity index (χ1v) is 3.69. The number of carbonyl (C=O) groups excluding carboxylic acids is 1. The smallest absolute Gasteiger partial charge is 0.392 e. The number of aliphatic hydroxyl groups excluding tert-OH is 1. The molecule has 0 saturated heterocycles. The van der Waals surface area contributed by atoms with Crippen molar-refractivity contribution in [3.05, 3.63) is 24.4 Å². The van der Waals surface area contributed by atoms with E-state index in [4.69, 9.17) is 10.8 Å². The summed E-state index contributed by atoms with van der Waals surface area (Å²) in [6.45, 7) is -0.0619. The number of hydrogen-bond acceptors (Lipinski definition) is 3. The van der Waals surface area contributed by atoms with Crippen molar-refractivity contribution in [2.24, 2.45) is 10.7 Å². The minimum absolute atomic E-state index is 0.0619. The van der Waals surface area contributed by atoms with Crippen molar-refractivity contribution < 1.29 is 14.5 Å². The summed E-state index contributed by atoms with van der Waals surface area (Å²) in [5.74, 6) is 0.195. The molecule has 0 aromatic heterocycles. The maximum atomic E-state index is 11.1. The van der Waals surface area contributed by atoms with Crippen LogP contribution in [0.15, 0.2) is 29.4 Å². The lowest BCUT2D eigenvalue weighted by Crippen LogP contribution is -2.22. The molecule has 0 fully saturated rings. The SMILES string of the molecule is NC1=NC(=O)/[N+](=C/C=C/CO)C=C1. The molecule has 0 atom stereocenters. The fourth-order valence-corrected chi connectivity index (χ4v) is 0.754. The minimum atomic E-state index is -0.442. The Morgan fingerprint density at radius 3 is 3.08 bits per heavy atom. The number of aliphatic hydroxyl groups is 1. The third kappa shape index (κ3) is 2.64. The van der Waals surface area contributed by atoms with Gasteiger partial charge in [0.1, 0.15) is 6.20 Å². The Hall–Kier alpha value is -1.75. The second kappa shape index (κ2) is 4.32. The lowest BCUT2D eigenvalue weighted by molar-refractivity contribution is -0.341. The number of aliphatic imine (C=N–C) groups is 1. The zero-order valence-corrected chi connectivity index (χ0v) is 6.92. The summed E-state index contributed by atoms with van der Waals surface area (Å²) in [5, 5.41) is 8.43. The molecule has 2 amide bonds. The number of nitrogens with two attached hydrogens (primary N) is 1. The first kappa shape index (κ1) is 9.34. The maximum absolute atomic E-state index is 11.1. The average molecular weight is 180 g/mol. The molecule has 5 heteroatoms. The van der Waals surface area contributed by atoms with Crippen molar-refractivity contribution in [1.29, 1.82) is 0 Å². The molecule has 0 spiro atoms. The van der Waals surface area contributed by atoms with E-state index in [0.717, 1.165) is 0 Å². The van der Waals surface area contributed by atoms with Crippen molar-refractivity contribution in [2.75, 3.05) is 6.61 Å². The van der Waals surface area contributed by atoms with E-state index in [0.29, 0.717) is 0 Å². The Balaban J connectivity index is 2.75. The first-order chi connectivity index (χ1) is 6.24. The Morgan fingerprint density at radius 2 is 2.46 bits per heavy atom. The quantitative estimate of drug-likeness (QED) is 0.569. The molecule has 0 radical (unpaired) electrons. The molecule has 0 unspecified atom stereocenters. The van der Waals surface area contributed by atoms with E-state index in [-0.39, 0.29) is 12.4 Å². The molecular formula is C8H10N3O2+.